The monoisotopic (exact) mass is 274 g/mol. The van der Waals surface area contributed by atoms with E-state index in [1.807, 2.05) is 66.7 Å². The Morgan fingerprint density at radius 3 is 1.90 bits per heavy atom. The smallest absolute Gasteiger partial charge is 0.267 e. The van der Waals surface area contributed by atoms with Crippen LogP contribution in [0.2, 0.25) is 0 Å². The van der Waals surface area contributed by atoms with E-state index in [2.05, 4.69) is 4.98 Å². The number of primary amides is 1. The SMILES string of the molecule is NC(=O)c1ccc(-c2ccccc2)c(-c2ccccc2)n1. The third-order valence-corrected chi connectivity index (χ3v) is 3.28. The molecule has 0 spiro atoms. The second kappa shape index (κ2) is 5.59. The summed E-state index contributed by atoms with van der Waals surface area (Å²) in [7, 11) is 0. The highest BCUT2D eigenvalue weighted by molar-refractivity contribution is 5.93. The number of hydrogen-bond donors (Lipinski definition) is 1. The number of amides is 1. The lowest BCUT2D eigenvalue weighted by molar-refractivity contribution is 0.0995. The fourth-order valence-electron chi connectivity index (χ4n) is 2.26. The fourth-order valence-corrected chi connectivity index (χ4v) is 2.26. The molecule has 1 heterocycles. The summed E-state index contributed by atoms with van der Waals surface area (Å²) in [5, 5.41) is 0. The minimum absolute atomic E-state index is 0.272. The van der Waals surface area contributed by atoms with E-state index in [4.69, 9.17) is 5.73 Å². The number of aromatic nitrogens is 1. The maximum Gasteiger partial charge on any atom is 0.267 e. The van der Waals surface area contributed by atoms with Crippen molar-refractivity contribution in [3.8, 4) is 22.4 Å². The molecule has 3 nitrogen and oxygen atoms in total. The van der Waals surface area contributed by atoms with Crippen molar-refractivity contribution in [3.05, 3.63) is 78.5 Å². The highest BCUT2D eigenvalue weighted by Gasteiger charge is 2.12. The molecule has 0 unspecified atom stereocenters. The van der Waals surface area contributed by atoms with Crippen molar-refractivity contribution in [2.45, 2.75) is 0 Å². The molecule has 1 aromatic heterocycles. The molecule has 0 bridgehead atoms. The van der Waals surface area contributed by atoms with Gasteiger partial charge in [0.15, 0.2) is 0 Å². The minimum atomic E-state index is -0.521. The number of pyridine rings is 1. The highest BCUT2D eigenvalue weighted by Crippen LogP contribution is 2.30. The number of rotatable bonds is 3. The normalized spacial score (nSPS) is 10.3. The highest BCUT2D eigenvalue weighted by atomic mass is 16.1. The van der Waals surface area contributed by atoms with Crippen LogP contribution in [0.5, 0.6) is 0 Å². The van der Waals surface area contributed by atoms with Crippen molar-refractivity contribution in [2.75, 3.05) is 0 Å². The Morgan fingerprint density at radius 1 is 0.762 bits per heavy atom. The van der Waals surface area contributed by atoms with Gasteiger partial charge in [0, 0.05) is 11.1 Å². The van der Waals surface area contributed by atoms with Crippen molar-refractivity contribution in [3.63, 3.8) is 0 Å². The molecular formula is C18H14N2O. The van der Waals surface area contributed by atoms with Gasteiger partial charge in [-0.15, -0.1) is 0 Å². The number of hydrogen-bond acceptors (Lipinski definition) is 2. The van der Waals surface area contributed by atoms with Crippen molar-refractivity contribution < 1.29 is 4.79 Å². The lowest BCUT2D eigenvalue weighted by atomic mass is 9.99. The van der Waals surface area contributed by atoms with E-state index < -0.39 is 5.91 Å². The zero-order valence-corrected chi connectivity index (χ0v) is 11.4. The number of carbonyl (C=O) groups excluding carboxylic acids is 1. The third kappa shape index (κ3) is 2.67. The molecule has 0 atom stereocenters. The van der Waals surface area contributed by atoms with Gasteiger partial charge in [0.1, 0.15) is 5.69 Å². The Labute approximate surface area is 123 Å². The molecule has 0 aliphatic heterocycles. The number of nitrogens with zero attached hydrogens (tertiary/aromatic N) is 1. The Kier molecular flexibility index (Phi) is 3.48. The van der Waals surface area contributed by atoms with Gasteiger partial charge < -0.3 is 5.73 Å². The average molecular weight is 274 g/mol. The molecule has 3 aromatic rings. The molecule has 3 heteroatoms. The maximum atomic E-state index is 11.4. The second-order valence-corrected chi connectivity index (χ2v) is 4.69. The summed E-state index contributed by atoms with van der Waals surface area (Å²) in [4.78, 5) is 15.8. The first-order valence-electron chi connectivity index (χ1n) is 6.67. The van der Waals surface area contributed by atoms with Gasteiger partial charge in [0.2, 0.25) is 0 Å². The lowest BCUT2D eigenvalue weighted by Gasteiger charge is -2.10. The van der Waals surface area contributed by atoms with E-state index in [-0.39, 0.29) is 5.69 Å². The van der Waals surface area contributed by atoms with Crippen molar-refractivity contribution >= 4 is 5.91 Å². The molecule has 3 rings (SSSR count). The first-order chi connectivity index (χ1) is 10.3. The summed E-state index contributed by atoms with van der Waals surface area (Å²) in [5.74, 6) is -0.521. The van der Waals surface area contributed by atoms with Gasteiger partial charge in [-0.3, -0.25) is 4.79 Å². The summed E-state index contributed by atoms with van der Waals surface area (Å²) >= 11 is 0. The molecule has 0 aliphatic carbocycles. The van der Waals surface area contributed by atoms with Gasteiger partial charge in [-0.05, 0) is 17.7 Å². The van der Waals surface area contributed by atoms with Crippen molar-refractivity contribution in [2.24, 2.45) is 5.73 Å². The molecule has 2 aromatic carbocycles. The van der Waals surface area contributed by atoms with Crippen LogP contribution >= 0.6 is 0 Å². The molecule has 2 N–H and O–H groups in total. The van der Waals surface area contributed by atoms with Gasteiger partial charge >= 0.3 is 0 Å². The van der Waals surface area contributed by atoms with Crippen LogP contribution < -0.4 is 5.73 Å². The molecule has 0 saturated carbocycles. The summed E-state index contributed by atoms with van der Waals surface area (Å²) in [6, 6.07) is 23.3. The van der Waals surface area contributed by atoms with E-state index in [0.717, 1.165) is 22.4 Å². The van der Waals surface area contributed by atoms with E-state index in [1.54, 1.807) is 6.07 Å². The lowest BCUT2D eigenvalue weighted by Crippen LogP contribution is -2.13. The minimum Gasteiger partial charge on any atom is -0.364 e. The second-order valence-electron chi connectivity index (χ2n) is 4.69. The fraction of sp³-hybridized carbons (Fsp3) is 0. The summed E-state index contributed by atoms with van der Waals surface area (Å²) in [6.45, 7) is 0. The van der Waals surface area contributed by atoms with Crippen LogP contribution in [0.25, 0.3) is 22.4 Å². The Balaban J connectivity index is 2.23. The Morgan fingerprint density at radius 2 is 1.33 bits per heavy atom. The van der Waals surface area contributed by atoms with Crippen LogP contribution in [-0.4, -0.2) is 10.9 Å². The quantitative estimate of drug-likeness (QED) is 0.794. The summed E-state index contributed by atoms with van der Waals surface area (Å²) in [6.07, 6.45) is 0. The van der Waals surface area contributed by atoms with Crippen LogP contribution in [0.1, 0.15) is 10.5 Å². The number of benzene rings is 2. The van der Waals surface area contributed by atoms with Gasteiger partial charge in [0.05, 0.1) is 5.69 Å². The standard InChI is InChI=1S/C18H14N2O/c19-18(21)16-12-11-15(13-7-3-1-4-8-13)17(20-16)14-9-5-2-6-10-14/h1-12H,(H2,19,21). The molecule has 0 radical (unpaired) electrons. The van der Waals surface area contributed by atoms with Gasteiger partial charge in [-0.1, -0.05) is 60.7 Å². The van der Waals surface area contributed by atoms with Crippen molar-refractivity contribution in [1.82, 2.24) is 4.98 Å². The molecule has 0 aliphatic rings. The van der Waals surface area contributed by atoms with Gasteiger partial charge in [-0.2, -0.15) is 0 Å². The summed E-state index contributed by atoms with van der Waals surface area (Å²) < 4.78 is 0. The Hall–Kier alpha value is -2.94. The predicted molar refractivity (Wildman–Crippen MR) is 83.6 cm³/mol. The van der Waals surface area contributed by atoms with Crippen LogP contribution in [0.15, 0.2) is 72.8 Å². The predicted octanol–water partition coefficient (Wildman–Crippen LogP) is 3.51. The van der Waals surface area contributed by atoms with E-state index in [0.29, 0.717) is 0 Å². The zero-order chi connectivity index (χ0) is 14.7. The molecule has 0 saturated heterocycles. The maximum absolute atomic E-state index is 11.4. The van der Waals surface area contributed by atoms with Crippen molar-refractivity contribution in [1.29, 1.82) is 0 Å². The first kappa shape index (κ1) is 13.1. The van der Waals surface area contributed by atoms with Crippen LogP contribution in [-0.2, 0) is 0 Å². The topological polar surface area (TPSA) is 56.0 Å². The van der Waals surface area contributed by atoms with E-state index >= 15 is 0 Å². The number of carbonyl (C=O) groups is 1. The van der Waals surface area contributed by atoms with E-state index in [1.165, 1.54) is 0 Å². The van der Waals surface area contributed by atoms with Crippen LogP contribution in [0.4, 0.5) is 0 Å². The molecule has 21 heavy (non-hydrogen) atoms. The molecule has 0 fully saturated rings. The van der Waals surface area contributed by atoms with E-state index in [9.17, 15) is 4.79 Å². The molecular weight excluding hydrogens is 260 g/mol. The molecule has 1 amide bonds. The first-order valence-corrected chi connectivity index (χ1v) is 6.67. The van der Waals surface area contributed by atoms with Gasteiger partial charge in [-0.25, -0.2) is 4.98 Å². The third-order valence-electron chi connectivity index (χ3n) is 3.28. The van der Waals surface area contributed by atoms with Crippen LogP contribution in [0, 0.1) is 0 Å². The zero-order valence-electron chi connectivity index (χ0n) is 11.4. The average Bonchev–Trinajstić information content (AvgIpc) is 2.56. The largest absolute Gasteiger partial charge is 0.364 e. The van der Waals surface area contributed by atoms with Crippen LogP contribution in [0.3, 0.4) is 0 Å². The molecule has 102 valence electrons. The van der Waals surface area contributed by atoms with Gasteiger partial charge in [0.25, 0.3) is 5.91 Å². The summed E-state index contributed by atoms with van der Waals surface area (Å²) in [5.41, 5.74) is 9.37. The Bertz CT molecular complexity index is 768. The number of nitrogens with two attached hydrogens (primary N) is 1.